The Balaban J connectivity index is 1.20. The normalized spacial score (nSPS) is 10.7. The number of aryl methyl sites for hydroxylation is 3. The highest BCUT2D eigenvalue weighted by Gasteiger charge is 2.09. The fourth-order valence-electron chi connectivity index (χ4n) is 3.25. The van der Waals surface area contributed by atoms with Gasteiger partial charge < -0.3 is 14.5 Å². The second kappa shape index (κ2) is 10.5. The van der Waals surface area contributed by atoms with Crippen molar-refractivity contribution in [3.8, 4) is 23.1 Å². The van der Waals surface area contributed by atoms with Crippen LogP contribution in [0.1, 0.15) is 35.4 Å². The van der Waals surface area contributed by atoms with Gasteiger partial charge in [-0.2, -0.15) is 0 Å². The van der Waals surface area contributed by atoms with E-state index in [2.05, 4.69) is 20.5 Å². The smallest absolute Gasteiger partial charge is 0.247 e. The standard InChI is InChI=1S/C26H26N4O3/c1-18-11-12-19(2)22(15-18)32-24-14-13-20(17-28-24)16-27-23(31)9-6-10-25-29-30-26(33-25)21-7-4-3-5-8-21/h3-5,7-8,11-15,17H,6,9-10,16H2,1-2H3,(H,27,31). The van der Waals surface area contributed by atoms with Gasteiger partial charge in [0.2, 0.25) is 23.6 Å². The van der Waals surface area contributed by atoms with Crippen LogP contribution in [-0.4, -0.2) is 21.1 Å². The number of carbonyl (C=O) groups excluding carboxylic acids is 1. The Labute approximate surface area is 192 Å². The summed E-state index contributed by atoms with van der Waals surface area (Å²) in [6.45, 7) is 4.43. The van der Waals surface area contributed by atoms with Gasteiger partial charge in [0.1, 0.15) is 5.75 Å². The van der Waals surface area contributed by atoms with Gasteiger partial charge in [-0.3, -0.25) is 4.79 Å². The minimum Gasteiger partial charge on any atom is -0.439 e. The summed E-state index contributed by atoms with van der Waals surface area (Å²) >= 11 is 0. The molecule has 0 atom stereocenters. The van der Waals surface area contributed by atoms with Crippen molar-refractivity contribution < 1.29 is 13.9 Å². The Bertz CT molecular complexity index is 1200. The second-order valence-corrected chi connectivity index (χ2v) is 7.87. The molecule has 0 fully saturated rings. The second-order valence-electron chi connectivity index (χ2n) is 7.87. The monoisotopic (exact) mass is 442 g/mol. The van der Waals surface area contributed by atoms with Gasteiger partial charge in [0, 0.05) is 37.2 Å². The van der Waals surface area contributed by atoms with E-state index in [1.165, 1.54) is 0 Å². The van der Waals surface area contributed by atoms with Crippen molar-refractivity contribution >= 4 is 5.91 Å². The van der Waals surface area contributed by atoms with Crippen LogP contribution in [0, 0.1) is 13.8 Å². The van der Waals surface area contributed by atoms with Crippen LogP contribution in [-0.2, 0) is 17.8 Å². The third-order valence-electron chi connectivity index (χ3n) is 5.13. The molecule has 0 saturated heterocycles. The number of hydrogen-bond donors (Lipinski definition) is 1. The molecule has 1 N–H and O–H groups in total. The molecular weight excluding hydrogens is 416 g/mol. The highest BCUT2D eigenvalue weighted by Crippen LogP contribution is 2.24. The molecule has 0 aliphatic heterocycles. The van der Waals surface area contributed by atoms with Crippen LogP contribution in [0.15, 0.2) is 71.3 Å². The number of hydrogen-bond acceptors (Lipinski definition) is 6. The maximum Gasteiger partial charge on any atom is 0.247 e. The van der Waals surface area contributed by atoms with E-state index >= 15 is 0 Å². The maximum atomic E-state index is 12.2. The summed E-state index contributed by atoms with van der Waals surface area (Å²) in [7, 11) is 0. The van der Waals surface area contributed by atoms with Crippen molar-refractivity contribution in [1.29, 1.82) is 0 Å². The molecule has 0 radical (unpaired) electrons. The summed E-state index contributed by atoms with van der Waals surface area (Å²) in [5, 5.41) is 11.0. The van der Waals surface area contributed by atoms with Crippen molar-refractivity contribution in [2.24, 2.45) is 0 Å². The number of nitrogens with zero attached hydrogens (tertiary/aromatic N) is 3. The third-order valence-corrected chi connectivity index (χ3v) is 5.13. The highest BCUT2D eigenvalue weighted by molar-refractivity contribution is 5.75. The summed E-state index contributed by atoms with van der Waals surface area (Å²) in [5.41, 5.74) is 3.97. The average Bonchev–Trinajstić information content (AvgIpc) is 3.30. The lowest BCUT2D eigenvalue weighted by atomic mass is 10.1. The molecule has 4 aromatic rings. The molecule has 7 nitrogen and oxygen atoms in total. The van der Waals surface area contributed by atoms with Gasteiger partial charge in [0.25, 0.3) is 0 Å². The van der Waals surface area contributed by atoms with Crippen LogP contribution in [0.2, 0.25) is 0 Å². The minimum absolute atomic E-state index is 0.0338. The lowest BCUT2D eigenvalue weighted by Gasteiger charge is -2.09. The largest absolute Gasteiger partial charge is 0.439 e. The molecule has 0 aliphatic rings. The van der Waals surface area contributed by atoms with Crippen LogP contribution < -0.4 is 10.1 Å². The third kappa shape index (κ3) is 6.26. The van der Waals surface area contributed by atoms with Gasteiger partial charge in [-0.25, -0.2) is 4.98 Å². The summed E-state index contributed by atoms with van der Waals surface area (Å²) in [6, 6.07) is 19.4. The van der Waals surface area contributed by atoms with E-state index in [0.29, 0.717) is 43.5 Å². The number of aromatic nitrogens is 3. The van der Waals surface area contributed by atoms with E-state index in [-0.39, 0.29) is 5.91 Å². The molecular formula is C26H26N4O3. The van der Waals surface area contributed by atoms with Crippen LogP contribution in [0.4, 0.5) is 0 Å². The molecule has 2 aromatic heterocycles. The number of carbonyl (C=O) groups is 1. The number of benzene rings is 2. The molecule has 2 heterocycles. The fraction of sp³-hybridized carbons (Fsp3) is 0.231. The number of ether oxygens (including phenoxy) is 1. The molecule has 33 heavy (non-hydrogen) atoms. The number of amides is 1. The number of pyridine rings is 1. The Kier molecular flexibility index (Phi) is 7.09. The molecule has 1 amide bonds. The molecule has 0 aliphatic carbocycles. The van der Waals surface area contributed by atoms with Gasteiger partial charge in [-0.15, -0.1) is 10.2 Å². The highest BCUT2D eigenvalue weighted by atomic mass is 16.5. The lowest BCUT2D eigenvalue weighted by Crippen LogP contribution is -2.22. The number of nitrogens with one attached hydrogen (secondary N) is 1. The van der Waals surface area contributed by atoms with Crippen LogP contribution >= 0.6 is 0 Å². The van der Waals surface area contributed by atoms with Gasteiger partial charge in [-0.1, -0.05) is 36.4 Å². The first-order chi connectivity index (χ1) is 16.1. The zero-order valence-corrected chi connectivity index (χ0v) is 18.7. The SMILES string of the molecule is Cc1ccc(C)c(Oc2ccc(CNC(=O)CCCc3nnc(-c4ccccc4)o3)cn2)c1. The van der Waals surface area contributed by atoms with E-state index in [1.54, 1.807) is 6.20 Å². The fourth-order valence-corrected chi connectivity index (χ4v) is 3.25. The van der Waals surface area contributed by atoms with Gasteiger partial charge >= 0.3 is 0 Å². The van der Waals surface area contributed by atoms with E-state index in [4.69, 9.17) is 9.15 Å². The van der Waals surface area contributed by atoms with Crippen LogP contribution in [0.3, 0.4) is 0 Å². The van der Waals surface area contributed by atoms with Gasteiger partial charge in [-0.05, 0) is 55.2 Å². The predicted octanol–water partition coefficient (Wildman–Crippen LogP) is 5.18. The van der Waals surface area contributed by atoms with E-state index < -0.39 is 0 Å². The Morgan fingerprint density at radius 3 is 2.67 bits per heavy atom. The maximum absolute atomic E-state index is 12.2. The summed E-state index contributed by atoms with van der Waals surface area (Å²) in [5.74, 6) is 2.31. The first-order valence-corrected chi connectivity index (χ1v) is 10.9. The average molecular weight is 443 g/mol. The van der Waals surface area contributed by atoms with Crippen LogP contribution in [0.25, 0.3) is 11.5 Å². The van der Waals surface area contributed by atoms with Gasteiger partial charge in [0.05, 0.1) is 0 Å². The molecule has 168 valence electrons. The van der Waals surface area contributed by atoms with Crippen molar-refractivity contribution in [2.45, 2.75) is 39.7 Å². The number of rotatable bonds is 9. The molecule has 0 saturated carbocycles. The van der Waals surface area contributed by atoms with Crippen molar-refractivity contribution in [3.63, 3.8) is 0 Å². The topological polar surface area (TPSA) is 90.1 Å². The molecule has 0 unspecified atom stereocenters. The molecule has 2 aromatic carbocycles. The summed E-state index contributed by atoms with van der Waals surface area (Å²) < 4.78 is 11.6. The molecule has 0 spiro atoms. The van der Waals surface area contributed by atoms with Crippen molar-refractivity contribution in [2.75, 3.05) is 0 Å². The predicted molar refractivity (Wildman–Crippen MR) is 125 cm³/mol. The first-order valence-electron chi connectivity index (χ1n) is 10.9. The Morgan fingerprint density at radius 2 is 1.88 bits per heavy atom. The summed E-state index contributed by atoms with van der Waals surface area (Å²) in [4.78, 5) is 16.5. The lowest BCUT2D eigenvalue weighted by molar-refractivity contribution is -0.121. The van der Waals surface area contributed by atoms with Crippen molar-refractivity contribution in [3.05, 3.63) is 89.4 Å². The Hall–Kier alpha value is -4.00. The minimum atomic E-state index is -0.0338. The van der Waals surface area contributed by atoms with E-state index in [9.17, 15) is 4.79 Å². The van der Waals surface area contributed by atoms with E-state index in [0.717, 1.165) is 28.0 Å². The summed E-state index contributed by atoms with van der Waals surface area (Å²) in [6.07, 6.45) is 3.27. The van der Waals surface area contributed by atoms with E-state index in [1.807, 2.05) is 74.5 Å². The zero-order chi connectivity index (χ0) is 23.0. The Morgan fingerprint density at radius 1 is 1.03 bits per heavy atom. The molecule has 7 heteroatoms. The molecule has 4 rings (SSSR count). The van der Waals surface area contributed by atoms with Crippen molar-refractivity contribution in [1.82, 2.24) is 20.5 Å². The van der Waals surface area contributed by atoms with Gasteiger partial charge in [0.15, 0.2) is 0 Å². The quantitative estimate of drug-likeness (QED) is 0.384. The first kappa shape index (κ1) is 22.2. The zero-order valence-electron chi connectivity index (χ0n) is 18.7. The van der Waals surface area contributed by atoms with Crippen LogP contribution in [0.5, 0.6) is 11.6 Å². The molecule has 0 bridgehead atoms.